The molecule has 0 saturated carbocycles. The van der Waals surface area contributed by atoms with E-state index in [4.69, 9.17) is 0 Å². The molecule has 0 atom stereocenters. The van der Waals surface area contributed by atoms with Crippen molar-refractivity contribution < 1.29 is 4.79 Å². The van der Waals surface area contributed by atoms with Gasteiger partial charge in [0.25, 0.3) is 5.91 Å². The molecule has 0 aliphatic rings. The van der Waals surface area contributed by atoms with Crippen molar-refractivity contribution in [2.75, 3.05) is 5.32 Å². The van der Waals surface area contributed by atoms with Gasteiger partial charge in [-0.2, -0.15) is 0 Å². The van der Waals surface area contributed by atoms with Crippen molar-refractivity contribution in [3.8, 4) is 0 Å². The van der Waals surface area contributed by atoms with Gasteiger partial charge in [-0.1, -0.05) is 0 Å². The Morgan fingerprint density at radius 1 is 1.06 bits per heavy atom. The summed E-state index contributed by atoms with van der Waals surface area (Å²) in [4.78, 5) is 19.8. The normalized spacial score (nSPS) is 10.0. The van der Waals surface area contributed by atoms with Crippen LogP contribution in [-0.4, -0.2) is 15.9 Å². The molecule has 17 heavy (non-hydrogen) atoms. The van der Waals surface area contributed by atoms with E-state index in [1.807, 2.05) is 0 Å². The Bertz CT molecular complexity index is 560. The van der Waals surface area contributed by atoms with Crippen LogP contribution in [0.3, 0.4) is 0 Å². The second kappa shape index (κ2) is 5.37. The molecule has 2 rings (SSSR count). The lowest BCUT2D eigenvalue weighted by Gasteiger charge is -2.05. The van der Waals surface area contributed by atoms with Crippen LogP contribution in [-0.2, 0) is 0 Å². The maximum atomic E-state index is 11.9. The third kappa shape index (κ3) is 3.34. The minimum absolute atomic E-state index is 0.189. The third-order valence-electron chi connectivity index (χ3n) is 1.97. The van der Waals surface area contributed by atoms with E-state index in [-0.39, 0.29) is 5.91 Å². The van der Waals surface area contributed by atoms with Gasteiger partial charge in [-0.25, -0.2) is 9.97 Å². The van der Waals surface area contributed by atoms with E-state index in [9.17, 15) is 4.79 Å². The number of rotatable bonds is 2. The monoisotopic (exact) mass is 355 g/mol. The molecule has 0 aromatic carbocycles. The molecule has 0 unspecified atom stereocenters. The molecule has 2 aromatic heterocycles. The minimum atomic E-state index is -0.189. The molecule has 1 N–H and O–H groups in total. The number of nitrogens with zero attached hydrogens (tertiary/aromatic N) is 2. The van der Waals surface area contributed by atoms with Gasteiger partial charge in [-0.05, 0) is 56.1 Å². The predicted molar refractivity (Wildman–Crippen MR) is 71.8 cm³/mol. The zero-order valence-corrected chi connectivity index (χ0v) is 11.7. The maximum absolute atomic E-state index is 11.9. The first-order valence-electron chi connectivity index (χ1n) is 4.69. The molecule has 86 valence electrons. The Balaban J connectivity index is 2.17. The van der Waals surface area contributed by atoms with Crippen molar-refractivity contribution in [2.45, 2.75) is 0 Å². The molecule has 6 heteroatoms. The number of amides is 1. The average molecular weight is 357 g/mol. The summed E-state index contributed by atoms with van der Waals surface area (Å²) < 4.78 is 1.30. The van der Waals surface area contributed by atoms with Crippen molar-refractivity contribution in [3.05, 3.63) is 51.4 Å². The molecule has 4 nitrogen and oxygen atoms in total. The van der Waals surface area contributed by atoms with Gasteiger partial charge < -0.3 is 5.32 Å². The van der Waals surface area contributed by atoms with Crippen LogP contribution in [0.1, 0.15) is 10.4 Å². The first-order valence-corrected chi connectivity index (χ1v) is 6.28. The largest absolute Gasteiger partial charge is 0.322 e. The van der Waals surface area contributed by atoms with E-state index in [1.165, 1.54) is 0 Å². The van der Waals surface area contributed by atoms with E-state index in [0.29, 0.717) is 20.5 Å². The van der Waals surface area contributed by atoms with Crippen LogP contribution in [0.25, 0.3) is 0 Å². The fraction of sp³-hybridized carbons (Fsp3) is 0. The Hall–Kier alpha value is -1.27. The zero-order chi connectivity index (χ0) is 12.3. The van der Waals surface area contributed by atoms with Gasteiger partial charge in [-0.15, -0.1) is 0 Å². The SMILES string of the molecule is O=C(Nc1ccnc(Br)c1)c1ccnc(Br)c1. The van der Waals surface area contributed by atoms with Crippen molar-refractivity contribution >= 4 is 43.5 Å². The molecular formula is C11H7Br2N3O. The predicted octanol–water partition coefficient (Wildman–Crippen LogP) is 3.25. The molecule has 0 fully saturated rings. The summed E-state index contributed by atoms with van der Waals surface area (Å²) in [5, 5.41) is 2.77. The topological polar surface area (TPSA) is 54.9 Å². The van der Waals surface area contributed by atoms with Crippen LogP contribution in [0.5, 0.6) is 0 Å². The molecule has 2 heterocycles. The highest BCUT2D eigenvalue weighted by atomic mass is 79.9. The molecule has 2 aromatic rings. The molecule has 0 aliphatic heterocycles. The van der Waals surface area contributed by atoms with E-state index >= 15 is 0 Å². The summed E-state index contributed by atoms with van der Waals surface area (Å²) in [5.41, 5.74) is 1.23. The summed E-state index contributed by atoms with van der Waals surface area (Å²) in [5.74, 6) is -0.189. The average Bonchev–Trinajstić information content (AvgIpc) is 2.29. The number of hydrogen-bond acceptors (Lipinski definition) is 3. The van der Waals surface area contributed by atoms with Crippen LogP contribution < -0.4 is 5.32 Å². The molecule has 0 bridgehead atoms. The standard InChI is InChI=1S/C11H7Br2N3O/c12-9-5-7(1-3-14-9)11(17)16-8-2-4-15-10(13)6-8/h1-6H,(H,15,16,17). The van der Waals surface area contributed by atoms with Crippen molar-refractivity contribution in [3.63, 3.8) is 0 Å². The fourth-order valence-electron chi connectivity index (χ4n) is 1.23. The smallest absolute Gasteiger partial charge is 0.255 e. The summed E-state index contributed by atoms with van der Waals surface area (Å²) in [7, 11) is 0. The van der Waals surface area contributed by atoms with Crippen LogP contribution in [0.2, 0.25) is 0 Å². The minimum Gasteiger partial charge on any atom is -0.322 e. The van der Waals surface area contributed by atoms with Crippen molar-refractivity contribution in [1.82, 2.24) is 9.97 Å². The highest BCUT2D eigenvalue weighted by molar-refractivity contribution is 9.10. The Morgan fingerprint density at radius 2 is 1.71 bits per heavy atom. The summed E-state index contributed by atoms with van der Waals surface area (Å²) in [6.45, 7) is 0. The Labute approximate surface area is 115 Å². The Morgan fingerprint density at radius 3 is 2.35 bits per heavy atom. The van der Waals surface area contributed by atoms with E-state index in [2.05, 4.69) is 47.1 Å². The number of hydrogen-bond donors (Lipinski definition) is 1. The summed E-state index contributed by atoms with van der Waals surface area (Å²) in [6, 6.07) is 6.76. The number of halogens is 2. The number of anilines is 1. The highest BCUT2D eigenvalue weighted by Gasteiger charge is 2.06. The molecule has 0 saturated heterocycles. The van der Waals surface area contributed by atoms with Gasteiger partial charge in [0.05, 0.1) is 0 Å². The molecule has 0 radical (unpaired) electrons. The summed E-state index contributed by atoms with van der Waals surface area (Å²) in [6.07, 6.45) is 3.18. The number of carbonyl (C=O) groups is 1. The number of aromatic nitrogens is 2. The Kier molecular flexibility index (Phi) is 3.86. The quantitative estimate of drug-likeness (QED) is 0.840. The molecule has 1 amide bonds. The van der Waals surface area contributed by atoms with Gasteiger partial charge in [-0.3, -0.25) is 4.79 Å². The first-order chi connectivity index (χ1) is 8.15. The lowest BCUT2D eigenvalue weighted by molar-refractivity contribution is 0.102. The molecule has 0 aliphatic carbocycles. The lowest BCUT2D eigenvalue weighted by atomic mass is 10.2. The number of nitrogens with one attached hydrogen (secondary N) is 1. The van der Waals surface area contributed by atoms with Gasteiger partial charge in [0.1, 0.15) is 9.21 Å². The van der Waals surface area contributed by atoms with Crippen molar-refractivity contribution in [2.24, 2.45) is 0 Å². The lowest BCUT2D eigenvalue weighted by Crippen LogP contribution is -2.12. The number of carbonyl (C=O) groups excluding carboxylic acids is 1. The van der Waals surface area contributed by atoms with Crippen LogP contribution in [0, 0.1) is 0 Å². The molecule has 0 spiro atoms. The highest BCUT2D eigenvalue weighted by Crippen LogP contribution is 2.14. The van der Waals surface area contributed by atoms with Gasteiger partial charge in [0.15, 0.2) is 0 Å². The van der Waals surface area contributed by atoms with Crippen LogP contribution >= 0.6 is 31.9 Å². The van der Waals surface area contributed by atoms with Gasteiger partial charge in [0, 0.05) is 23.6 Å². The van der Waals surface area contributed by atoms with Crippen LogP contribution in [0.4, 0.5) is 5.69 Å². The van der Waals surface area contributed by atoms with E-state index < -0.39 is 0 Å². The van der Waals surface area contributed by atoms with Gasteiger partial charge in [0.2, 0.25) is 0 Å². The second-order valence-electron chi connectivity index (χ2n) is 3.19. The van der Waals surface area contributed by atoms with Crippen LogP contribution in [0.15, 0.2) is 45.9 Å². The second-order valence-corrected chi connectivity index (χ2v) is 4.81. The van der Waals surface area contributed by atoms with Gasteiger partial charge >= 0.3 is 0 Å². The van der Waals surface area contributed by atoms with E-state index in [1.54, 1.807) is 36.7 Å². The van der Waals surface area contributed by atoms with Crippen molar-refractivity contribution in [1.29, 1.82) is 0 Å². The summed E-state index contributed by atoms with van der Waals surface area (Å²) >= 11 is 6.46. The maximum Gasteiger partial charge on any atom is 0.255 e. The first kappa shape index (κ1) is 12.2. The number of pyridine rings is 2. The molecular weight excluding hydrogens is 350 g/mol. The van der Waals surface area contributed by atoms with E-state index in [0.717, 1.165) is 0 Å². The third-order valence-corrected chi connectivity index (χ3v) is 2.84. The fourth-order valence-corrected chi connectivity index (χ4v) is 1.96. The zero-order valence-electron chi connectivity index (χ0n) is 8.52.